The molecule has 8 aromatic carbocycles. The Morgan fingerprint density at radius 2 is 0.949 bits per heavy atom. The summed E-state index contributed by atoms with van der Waals surface area (Å²) < 4.78 is 8.71. The van der Waals surface area contributed by atoms with Crippen molar-refractivity contribution in [1.29, 1.82) is 0 Å². The SMILES string of the molecule is CC1(C)c2ccccc2-c2cc3c(cc21)oc1ccc(-c2ccc4c(c2)c2ccccc2n4-c2nc(-c4ccccc4)nc(-c4ccc(-c5ccccc5)cc4)n2)cc13. The Hall–Kier alpha value is -7.63. The molecule has 0 saturated carbocycles. The molecule has 0 radical (unpaired) electrons. The predicted molar refractivity (Wildman–Crippen MR) is 241 cm³/mol. The fourth-order valence-corrected chi connectivity index (χ4v) is 9.27. The Labute approximate surface area is 340 Å². The number of fused-ring (bicyclic) bond motifs is 9. The molecule has 0 unspecified atom stereocenters. The fourth-order valence-electron chi connectivity index (χ4n) is 9.27. The molecule has 0 saturated heterocycles. The third-order valence-electron chi connectivity index (χ3n) is 12.3. The first kappa shape index (κ1) is 33.5. The van der Waals surface area contributed by atoms with E-state index in [1.807, 2.05) is 36.4 Å². The first-order valence-corrected chi connectivity index (χ1v) is 20.1. The summed E-state index contributed by atoms with van der Waals surface area (Å²) in [5.74, 6) is 1.82. The zero-order chi connectivity index (χ0) is 39.2. The zero-order valence-corrected chi connectivity index (χ0v) is 32.5. The largest absolute Gasteiger partial charge is 0.456 e. The van der Waals surface area contributed by atoms with E-state index < -0.39 is 0 Å². The van der Waals surface area contributed by atoms with Crippen molar-refractivity contribution in [3.05, 3.63) is 193 Å². The van der Waals surface area contributed by atoms with Gasteiger partial charge >= 0.3 is 0 Å². The van der Waals surface area contributed by atoms with Crippen molar-refractivity contribution in [2.45, 2.75) is 19.3 Å². The van der Waals surface area contributed by atoms with Crippen LogP contribution >= 0.6 is 0 Å². The van der Waals surface area contributed by atoms with Crippen LogP contribution in [0.5, 0.6) is 0 Å². The van der Waals surface area contributed by atoms with Gasteiger partial charge in [0.05, 0.1) is 11.0 Å². The molecule has 278 valence electrons. The standard InChI is InChI=1S/C54H36N4O/c1-54(2)45-19-11-9-17-39(45)41-31-44-43-30-38(26-28-49(43)59-50(44)32-46(41)54)37-25-27-48-42(29-37)40-18-10-12-20-47(40)58(48)53-56-51(35-15-7-4-8-16-35)55-52(57-53)36-23-21-34(22-24-36)33-13-5-3-6-14-33/h3-32H,1-2H3. The van der Waals surface area contributed by atoms with Gasteiger partial charge in [0.1, 0.15) is 11.2 Å². The van der Waals surface area contributed by atoms with Crippen molar-refractivity contribution < 1.29 is 4.42 Å². The highest BCUT2D eigenvalue weighted by Gasteiger charge is 2.36. The van der Waals surface area contributed by atoms with Gasteiger partial charge in [-0.3, -0.25) is 4.57 Å². The van der Waals surface area contributed by atoms with Gasteiger partial charge in [-0.25, -0.2) is 4.98 Å². The third-order valence-corrected chi connectivity index (χ3v) is 12.3. The Balaban J connectivity index is 1.00. The Morgan fingerprint density at radius 3 is 1.73 bits per heavy atom. The van der Waals surface area contributed by atoms with E-state index in [2.05, 4.69) is 164 Å². The van der Waals surface area contributed by atoms with Crippen LogP contribution in [0.2, 0.25) is 0 Å². The van der Waals surface area contributed by atoms with E-state index in [1.54, 1.807) is 0 Å². The van der Waals surface area contributed by atoms with Crippen molar-refractivity contribution in [1.82, 2.24) is 19.5 Å². The topological polar surface area (TPSA) is 56.7 Å². The quantitative estimate of drug-likeness (QED) is 0.175. The third kappa shape index (κ3) is 5.21. The van der Waals surface area contributed by atoms with E-state index in [0.717, 1.165) is 71.6 Å². The summed E-state index contributed by atoms with van der Waals surface area (Å²) in [4.78, 5) is 15.4. The number of hydrogen-bond donors (Lipinski definition) is 0. The van der Waals surface area contributed by atoms with Crippen molar-refractivity contribution in [3.8, 4) is 62.1 Å². The minimum absolute atomic E-state index is 0.0844. The van der Waals surface area contributed by atoms with E-state index in [1.165, 1.54) is 27.8 Å². The molecule has 11 aromatic rings. The molecule has 12 rings (SSSR count). The molecule has 0 N–H and O–H groups in total. The van der Waals surface area contributed by atoms with Crippen LogP contribution in [0.3, 0.4) is 0 Å². The first-order valence-electron chi connectivity index (χ1n) is 20.1. The lowest BCUT2D eigenvalue weighted by molar-refractivity contribution is 0.647. The van der Waals surface area contributed by atoms with Crippen LogP contribution < -0.4 is 0 Å². The second-order valence-corrected chi connectivity index (χ2v) is 16.1. The van der Waals surface area contributed by atoms with Crippen LogP contribution in [0.1, 0.15) is 25.0 Å². The van der Waals surface area contributed by atoms with E-state index in [0.29, 0.717) is 17.6 Å². The summed E-state index contributed by atoms with van der Waals surface area (Å²) in [5, 5.41) is 4.52. The van der Waals surface area contributed by atoms with Crippen molar-refractivity contribution in [3.63, 3.8) is 0 Å². The minimum atomic E-state index is -0.0844. The van der Waals surface area contributed by atoms with Gasteiger partial charge in [0, 0.05) is 38.1 Å². The molecule has 1 aliphatic rings. The van der Waals surface area contributed by atoms with Gasteiger partial charge in [-0.1, -0.05) is 153 Å². The van der Waals surface area contributed by atoms with Crippen LogP contribution in [0.15, 0.2) is 186 Å². The molecule has 0 atom stereocenters. The summed E-state index contributed by atoms with van der Waals surface area (Å²) in [6, 6.07) is 64.2. The molecule has 1 aliphatic carbocycles. The lowest BCUT2D eigenvalue weighted by Gasteiger charge is -2.21. The highest BCUT2D eigenvalue weighted by Crippen LogP contribution is 2.51. The maximum absolute atomic E-state index is 6.53. The molecular weight excluding hydrogens is 721 g/mol. The molecule has 3 heterocycles. The predicted octanol–water partition coefficient (Wildman–Crippen LogP) is 13.8. The monoisotopic (exact) mass is 756 g/mol. The maximum Gasteiger partial charge on any atom is 0.238 e. The van der Waals surface area contributed by atoms with Gasteiger partial charge in [-0.2, -0.15) is 9.97 Å². The molecule has 5 nitrogen and oxygen atoms in total. The Morgan fingerprint density at radius 1 is 0.390 bits per heavy atom. The summed E-state index contributed by atoms with van der Waals surface area (Å²) in [5.41, 5.74) is 15.5. The maximum atomic E-state index is 6.53. The Kier molecular flexibility index (Phi) is 7.20. The number of para-hydroxylation sites is 1. The van der Waals surface area contributed by atoms with Gasteiger partial charge in [-0.05, 0) is 87.0 Å². The van der Waals surface area contributed by atoms with Crippen molar-refractivity contribution in [2.75, 3.05) is 0 Å². The van der Waals surface area contributed by atoms with Gasteiger partial charge < -0.3 is 4.42 Å². The van der Waals surface area contributed by atoms with Crippen LogP contribution in [-0.4, -0.2) is 19.5 Å². The number of aromatic nitrogens is 4. The van der Waals surface area contributed by atoms with Gasteiger partial charge in [0.15, 0.2) is 11.6 Å². The first-order chi connectivity index (χ1) is 29.0. The average molecular weight is 757 g/mol. The molecule has 0 amide bonds. The molecule has 0 aliphatic heterocycles. The molecule has 0 fully saturated rings. The van der Waals surface area contributed by atoms with Crippen molar-refractivity contribution >= 4 is 43.7 Å². The summed E-state index contributed by atoms with van der Waals surface area (Å²) in [6.45, 7) is 4.62. The highest BCUT2D eigenvalue weighted by molar-refractivity contribution is 6.12. The van der Waals surface area contributed by atoms with E-state index in [-0.39, 0.29) is 5.41 Å². The number of benzene rings is 8. The van der Waals surface area contributed by atoms with E-state index >= 15 is 0 Å². The lowest BCUT2D eigenvalue weighted by Crippen LogP contribution is -2.14. The average Bonchev–Trinajstić information content (AvgIpc) is 3.90. The van der Waals surface area contributed by atoms with Crippen molar-refractivity contribution in [2.24, 2.45) is 0 Å². The molecule has 59 heavy (non-hydrogen) atoms. The second-order valence-electron chi connectivity index (χ2n) is 16.1. The van der Waals surface area contributed by atoms with Crippen LogP contribution in [0.25, 0.3) is 106 Å². The van der Waals surface area contributed by atoms with E-state index in [9.17, 15) is 0 Å². The number of furan rings is 1. The van der Waals surface area contributed by atoms with Crippen LogP contribution in [0, 0.1) is 0 Å². The minimum Gasteiger partial charge on any atom is -0.456 e. The molecule has 3 aromatic heterocycles. The molecule has 5 heteroatoms. The van der Waals surface area contributed by atoms with Gasteiger partial charge in [0.25, 0.3) is 0 Å². The zero-order valence-electron chi connectivity index (χ0n) is 32.5. The van der Waals surface area contributed by atoms with Gasteiger partial charge in [0.2, 0.25) is 5.95 Å². The van der Waals surface area contributed by atoms with Crippen LogP contribution in [-0.2, 0) is 5.41 Å². The lowest BCUT2D eigenvalue weighted by atomic mass is 9.82. The Bertz CT molecular complexity index is 3450. The second kappa shape index (κ2) is 12.7. The number of hydrogen-bond acceptors (Lipinski definition) is 4. The smallest absolute Gasteiger partial charge is 0.238 e. The summed E-state index contributed by atoms with van der Waals surface area (Å²) in [6.07, 6.45) is 0. The summed E-state index contributed by atoms with van der Waals surface area (Å²) >= 11 is 0. The molecule has 0 bridgehead atoms. The van der Waals surface area contributed by atoms with Gasteiger partial charge in [-0.15, -0.1) is 0 Å². The highest BCUT2D eigenvalue weighted by atomic mass is 16.3. The fraction of sp³-hybridized carbons (Fsp3) is 0.0556. The number of nitrogens with zero attached hydrogens (tertiary/aromatic N) is 4. The van der Waals surface area contributed by atoms with Crippen LogP contribution in [0.4, 0.5) is 0 Å². The molecule has 0 spiro atoms. The molecular formula is C54H36N4O. The summed E-state index contributed by atoms with van der Waals surface area (Å²) in [7, 11) is 0. The number of rotatable bonds is 5. The van der Waals surface area contributed by atoms with E-state index in [4.69, 9.17) is 19.4 Å². The normalized spacial score (nSPS) is 13.1.